The third-order valence-electron chi connectivity index (χ3n) is 23.1. The fraction of sp³-hybridized carbons (Fsp3) is 0.967. The lowest BCUT2D eigenvalue weighted by molar-refractivity contribution is -0.380. The van der Waals surface area contributed by atoms with E-state index in [4.69, 9.17) is 42.6 Å². The molecule has 0 spiro atoms. The van der Waals surface area contributed by atoms with E-state index in [1.165, 1.54) is 5.57 Å². The fourth-order valence-electron chi connectivity index (χ4n) is 17.5. The van der Waals surface area contributed by atoms with Crippen molar-refractivity contribution in [2.24, 2.45) is 51.2 Å². The summed E-state index contributed by atoms with van der Waals surface area (Å²) in [6, 6.07) is 0. The zero-order valence-corrected chi connectivity index (χ0v) is 51.1. The molecule has 0 radical (unpaired) electrons. The predicted molar refractivity (Wildman–Crippen MR) is 297 cm³/mol. The molecule has 34 atom stereocenters. The Hall–Kier alpha value is -1.34. The van der Waals surface area contributed by atoms with E-state index in [1.807, 2.05) is 0 Å². The summed E-state index contributed by atoms with van der Waals surface area (Å²) in [5, 5.41) is 194. The molecule has 27 heteroatoms. The van der Waals surface area contributed by atoms with Crippen molar-refractivity contribution in [3.05, 3.63) is 11.6 Å². The average molecular weight is 1260 g/mol. The van der Waals surface area contributed by atoms with Crippen LogP contribution in [0.25, 0.3) is 0 Å². The molecule has 0 aromatic heterocycles. The van der Waals surface area contributed by atoms with Crippen LogP contribution in [-0.2, 0) is 42.6 Å². The summed E-state index contributed by atoms with van der Waals surface area (Å²) in [5.74, 6) is -0.427. The Morgan fingerprint density at radius 1 is 0.529 bits per heavy atom. The second-order valence-electron chi connectivity index (χ2n) is 28.7. The standard InChI is InChI=1S/C60H102O27/c1-24(9-13-35(57(4,5)78)86-55-51(87-54-49(77)44(72)39(67)31(22-64)83-54)45(73)40(68)32(84-55)23-79-52-48(76)43(71)38(66)30(21-63)82-52)25-15-16-60(8)33-12-10-26-27(58(33,6)17-18-59(25,60)7)11-14-34(56(26,2)3)85-53-47(75)41(69)36(28(19-61)81-53)50-46(74)42(70)37(65)29(20-62)80-50/h10,24-25,27-55,61-78H,9,11-23H2,1-8H3/t24?,25?,27?,28-,29-,30-,31-,32-,33?,34+,35?,36?,37-,38-,39-,40-,41+,42+,43+,44+,45+,46-,47-,48-,49-,50+,51-,52-,53?,54+,55+,58?,59?,60?/m1/s1. The zero-order chi connectivity index (χ0) is 63.9. The van der Waals surface area contributed by atoms with Gasteiger partial charge < -0.3 is 135 Å². The highest BCUT2D eigenvalue weighted by Gasteiger charge is 2.68. The number of rotatable bonds is 19. The van der Waals surface area contributed by atoms with Crippen LogP contribution in [0.4, 0.5) is 0 Å². The van der Waals surface area contributed by atoms with E-state index in [9.17, 15) is 91.9 Å². The molecule has 5 saturated heterocycles. The fourth-order valence-corrected chi connectivity index (χ4v) is 17.5. The third-order valence-corrected chi connectivity index (χ3v) is 23.1. The van der Waals surface area contributed by atoms with Gasteiger partial charge in [-0.1, -0.05) is 53.2 Å². The van der Waals surface area contributed by atoms with Crippen LogP contribution >= 0.6 is 0 Å². The Balaban J connectivity index is 0.880. The van der Waals surface area contributed by atoms with Crippen molar-refractivity contribution in [2.45, 2.75) is 278 Å². The van der Waals surface area contributed by atoms with E-state index in [1.54, 1.807) is 13.8 Å². The first-order chi connectivity index (χ1) is 40.7. The molecular formula is C60H102O27. The lowest BCUT2D eigenvalue weighted by Crippen LogP contribution is -2.67. The van der Waals surface area contributed by atoms with Gasteiger partial charge in [0.1, 0.15) is 104 Å². The quantitative estimate of drug-likeness (QED) is 0.0547. The van der Waals surface area contributed by atoms with Crippen LogP contribution in [0, 0.1) is 51.2 Å². The van der Waals surface area contributed by atoms with Gasteiger partial charge >= 0.3 is 0 Å². The Morgan fingerprint density at radius 3 is 1.64 bits per heavy atom. The number of aliphatic hydroxyl groups is 18. The van der Waals surface area contributed by atoms with E-state index in [0.29, 0.717) is 18.8 Å². The van der Waals surface area contributed by atoms with Gasteiger partial charge in [0.05, 0.1) is 69.2 Å². The topological polar surface area (TPSA) is 447 Å². The predicted octanol–water partition coefficient (Wildman–Crippen LogP) is -4.10. The molecule has 5 aliphatic heterocycles. The Bertz CT molecular complexity index is 2290. The van der Waals surface area contributed by atoms with Gasteiger partial charge in [-0.3, -0.25) is 0 Å². The summed E-state index contributed by atoms with van der Waals surface area (Å²) >= 11 is 0. The van der Waals surface area contributed by atoms with Crippen molar-refractivity contribution >= 4 is 0 Å². The van der Waals surface area contributed by atoms with E-state index in [2.05, 4.69) is 47.6 Å². The second kappa shape index (κ2) is 26.8. The first-order valence-electron chi connectivity index (χ1n) is 31.3. The first-order valence-corrected chi connectivity index (χ1v) is 31.3. The second-order valence-corrected chi connectivity index (χ2v) is 28.7. The molecule has 87 heavy (non-hydrogen) atoms. The van der Waals surface area contributed by atoms with Gasteiger partial charge in [0.15, 0.2) is 25.2 Å². The highest BCUT2D eigenvalue weighted by atomic mass is 16.8. The number of hydrogen-bond acceptors (Lipinski definition) is 27. The van der Waals surface area contributed by atoms with Crippen LogP contribution in [0.1, 0.15) is 113 Å². The number of fused-ring (bicyclic) bond motifs is 5. The van der Waals surface area contributed by atoms with Gasteiger partial charge in [0, 0.05) is 11.3 Å². The van der Waals surface area contributed by atoms with E-state index in [-0.39, 0.29) is 40.4 Å². The summed E-state index contributed by atoms with van der Waals surface area (Å²) < 4.78 is 54.2. The molecule has 9 rings (SSSR count). The molecule has 504 valence electrons. The van der Waals surface area contributed by atoms with E-state index < -0.39 is 209 Å². The highest BCUT2D eigenvalue weighted by Crippen LogP contribution is 2.75. The SMILES string of the molecule is CC(CCC(O[C@@H]1O[C@H](CO[C@@H]2O[C@H](CO)[C@@H](O)[C@H](O)[C@H]2O)[C@@H](O)[C@H](O)[C@H]1O[C@@H]1O[C@H](CO)[C@@H](O)[C@H](O)[C@H]1O)C(C)(C)O)C1CCC2(C)C3CC=C4C(CC[C@H](OC5O[C@H](CO)C([C@@H]6O[C@H](CO)[C@@H](O)[C@H](O)[C@H]6O)[C@H](O)[C@H]5O)C4(C)C)C3(C)CCC12C. The third kappa shape index (κ3) is 12.6. The zero-order valence-electron chi connectivity index (χ0n) is 51.1. The van der Waals surface area contributed by atoms with Gasteiger partial charge in [-0.25, -0.2) is 0 Å². The molecular weight excluding hydrogens is 1150 g/mol. The smallest absolute Gasteiger partial charge is 0.187 e. The van der Waals surface area contributed by atoms with Gasteiger partial charge in [-0.05, 0) is 112 Å². The summed E-state index contributed by atoms with van der Waals surface area (Å²) in [7, 11) is 0. The molecule has 3 saturated carbocycles. The molecule has 0 aromatic rings. The number of ether oxygens (including phenoxy) is 9. The lowest BCUT2D eigenvalue weighted by Gasteiger charge is -2.66. The Morgan fingerprint density at radius 2 is 1.05 bits per heavy atom. The summed E-state index contributed by atoms with van der Waals surface area (Å²) in [4.78, 5) is 0. The van der Waals surface area contributed by atoms with Crippen molar-refractivity contribution in [1.82, 2.24) is 0 Å². The maximum absolute atomic E-state index is 11.8. The van der Waals surface area contributed by atoms with E-state index >= 15 is 0 Å². The maximum atomic E-state index is 11.8. The van der Waals surface area contributed by atoms with Crippen molar-refractivity contribution < 1.29 is 135 Å². The minimum atomic E-state index is -1.93. The Labute approximate surface area is 507 Å². The summed E-state index contributed by atoms with van der Waals surface area (Å²) in [5.41, 5.74) is -1.19. The van der Waals surface area contributed by atoms with Crippen molar-refractivity contribution in [1.29, 1.82) is 0 Å². The first kappa shape index (κ1) is 70.0. The van der Waals surface area contributed by atoms with Gasteiger partial charge in [0.25, 0.3) is 0 Å². The maximum Gasteiger partial charge on any atom is 0.187 e. The van der Waals surface area contributed by atoms with Crippen LogP contribution in [0.5, 0.6) is 0 Å². The lowest BCUT2D eigenvalue weighted by atomic mass is 9.39. The van der Waals surface area contributed by atoms with Crippen LogP contribution in [0.15, 0.2) is 11.6 Å². The molecule has 18 N–H and O–H groups in total. The number of hydrogen-bond donors (Lipinski definition) is 18. The number of aliphatic hydroxyl groups excluding tert-OH is 17. The average Bonchev–Trinajstić information content (AvgIpc) is 1.67. The largest absolute Gasteiger partial charge is 0.394 e. The van der Waals surface area contributed by atoms with Crippen LogP contribution < -0.4 is 0 Å². The molecule has 0 amide bonds. The number of allylic oxidation sites excluding steroid dienone is 1. The molecule has 10 unspecified atom stereocenters. The molecule has 4 aliphatic carbocycles. The van der Waals surface area contributed by atoms with E-state index in [0.717, 1.165) is 38.5 Å². The molecule has 0 bridgehead atoms. The molecule has 0 aromatic carbocycles. The summed E-state index contributed by atoms with van der Waals surface area (Å²) in [6.45, 7) is 13.3. The Kier molecular flexibility index (Phi) is 21.6. The molecule has 5 heterocycles. The van der Waals surface area contributed by atoms with Gasteiger partial charge in [-0.2, -0.15) is 0 Å². The minimum Gasteiger partial charge on any atom is -0.394 e. The van der Waals surface area contributed by atoms with Crippen LogP contribution in [0.2, 0.25) is 0 Å². The van der Waals surface area contributed by atoms with Crippen LogP contribution in [0.3, 0.4) is 0 Å². The molecule has 27 nitrogen and oxygen atoms in total. The van der Waals surface area contributed by atoms with Gasteiger partial charge in [0.2, 0.25) is 0 Å². The van der Waals surface area contributed by atoms with Crippen molar-refractivity contribution in [3.8, 4) is 0 Å². The van der Waals surface area contributed by atoms with Crippen LogP contribution in [-0.4, -0.2) is 290 Å². The highest BCUT2D eigenvalue weighted by molar-refractivity contribution is 5.30. The molecule has 8 fully saturated rings. The minimum absolute atomic E-state index is 0.0881. The normalized spacial score (nSPS) is 51.8. The van der Waals surface area contributed by atoms with Crippen molar-refractivity contribution in [3.63, 3.8) is 0 Å². The summed E-state index contributed by atoms with van der Waals surface area (Å²) in [6.07, 6.45) is -31.8. The van der Waals surface area contributed by atoms with Gasteiger partial charge in [-0.15, -0.1) is 0 Å². The monoisotopic (exact) mass is 1250 g/mol. The van der Waals surface area contributed by atoms with Crippen molar-refractivity contribution in [2.75, 3.05) is 33.0 Å². The molecule has 9 aliphatic rings.